The third-order valence-corrected chi connectivity index (χ3v) is 2.64. The van der Waals surface area contributed by atoms with Gasteiger partial charge in [0.25, 0.3) is 0 Å². The van der Waals surface area contributed by atoms with Gasteiger partial charge in [0.15, 0.2) is 0 Å². The fourth-order valence-electron chi connectivity index (χ4n) is 1.45. The fraction of sp³-hybridized carbons (Fsp3) is 0.500. The van der Waals surface area contributed by atoms with Crippen LogP contribution in [-0.2, 0) is 11.3 Å². The Bertz CT molecular complexity index is 439. The second kappa shape index (κ2) is 6.20. The Hall–Kier alpha value is -1.82. The maximum atomic E-state index is 11.5. The average molecular weight is 254 g/mol. The number of furan rings is 1. The van der Waals surface area contributed by atoms with E-state index in [1.54, 1.807) is 24.9 Å². The molecule has 0 unspecified atom stereocenters. The minimum Gasteiger partial charge on any atom is -0.475 e. The minimum atomic E-state index is -1.08. The van der Waals surface area contributed by atoms with Crippen LogP contribution < -0.4 is 5.32 Å². The Morgan fingerprint density at radius 2 is 2.17 bits per heavy atom. The molecule has 0 aromatic carbocycles. The standard InChI is InChI=1S/C12H18N2O4/c1-4-14(3)10(15)7-13-6-9-5-8(2)11(18-9)12(16)17/h5,13H,4,6-7H2,1-3H3,(H,16,17). The number of amides is 1. The highest BCUT2D eigenvalue weighted by Crippen LogP contribution is 2.14. The zero-order valence-corrected chi connectivity index (χ0v) is 10.8. The second-order valence-electron chi connectivity index (χ2n) is 4.04. The summed E-state index contributed by atoms with van der Waals surface area (Å²) in [4.78, 5) is 23.9. The van der Waals surface area contributed by atoms with E-state index in [4.69, 9.17) is 9.52 Å². The van der Waals surface area contributed by atoms with Crippen molar-refractivity contribution in [1.29, 1.82) is 0 Å². The lowest BCUT2D eigenvalue weighted by Gasteiger charge is -2.14. The van der Waals surface area contributed by atoms with Crippen LogP contribution in [0, 0.1) is 6.92 Å². The largest absolute Gasteiger partial charge is 0.475 e. The number of nitrogens with one attached hydrogen (secondary N) is 1. The zero-order valence-electron chi connectivity index (χ0n) is 10.8. The number of rotatable bonds is 6. The van der Waals surface area contributed by atoms with E-state index in [9.17, 15) is 9.59 Å². The number of aromatic carboxylic acids is 1. The van der Waals surface area contributed by atoms with Gasteiger partial charge < -0.3 is 19.7 Å². The number of nitrogens with zero attached hydrogens (tertiary/aromatic N) is 1. The number of hydrogen-bond acceptors (Lipinski definition) is 4. The SMILES string of the molecule is CCN(C)C(=O)CNCc1cc(C)c(C(=O)O)o1. The van der Waals surface area contributed by atoms with Crippen LogP contribution in [0.15, 0.2) is 10.5 Å². The number of likely N-dealkylation sites (N-methyl/N-ethyl adjacent to an activating group) is 1. The van der Waals surface area contributed by atoms with Gasteiger partial charge in [-0.1, -0.05) is 0 Å². The summed E-state index contributed by atoms with van der Waals surface area (Å²) >= 11 is 0. The summed E-state index contributed by atoms with van der Waals surface area (Å²) in [7, 11) is 1.73. The van der Waals surface area contributed by atoms with Gasteiger partial charge >= 0.3 is 5.97 Å². The molecule has 0 spiro atoms. The Kier molecular flexibility index (Phi) is 4.91. The van der Waals surface area contributed by atoms with Crippen molar-refractivity contribution in [2.75, 3.05) is 20.1 Å². The third kappa shape index (κ3) is 3.59. The predicted molar refractivity (Wildman–Crippen MR) is 65.4 cm³/mol. The van der Waals surface area contributed by atoms with Gasteiger partial charge in [-0.15, -0.1) is 0 Å². The van der Waals surface area contributed by atoms with E-state index in [0.717, 1.165) is 0 Å². The summed E-state index contributed by atoms with van der Waals surface area (Å²) in [6.45, 7) is 4.76. The van der Waals surface area contributed by atoms with E-state index in [-0.39, 0.29) is 18.2 Å². The predicted octanol–water partition coefficient (Wildman–Crippen LogP) is 0.854. The van der Waals surface area contributed by atoms with Gasteiger partial charge in [0.05, 0.1) is 13.1 Å². The monoisotopic (exact) mass is 254 g/mol. The fourth-order valence-corrected chi connectivity index (χ4v) is 1.45. The van der Waals surface area contributed by atoms with E-state index in [1.807, 2.05) is 6.92 Å². The number of carbonyl (C=O) groups excluding carboxylic acids is 1. The maximum absolute atomic E-state index is 11.5. The van der Waals surface area contributed by atoms with E-state index in [0.29, 0.717) is 24.4 Å². The van der Waals surface area contributed by atoms with Gasteiger partial charge in [-0.05, 0) is 19.9 Å². The highest BCUT2D eigenvalue weighted by atomic mass is 16.4. The smallest absolute Gasteiger partial charge is 0.372 e. The molecule has 0 bridgehead atoms. The molecule has 6 nitrogen and oxygen atoms in total. The van der Waals surface area contributed by atoms with E-state index < -0.39 is 5.97 Å². The first-order chi connectivity index (χ1) is 8.45. The summed E-state index contributed by atoms with van der Waals surface area (Å²) < 4.78 is 5.16. The second-order valence-corrected chi connectivity index (χ2v) is 4.04. The van der Waals surface area contributed by atoms with Crippen LogP contribution in [0.3, 0.4) is 0 Å². The van der Waals surface area contributed by atoms with Crippen molar-refractivity contribution in [2.24, 2.45) is 0 Å². The Balaban J connectivity index is 2.47. The topological polar surface area (TPSA) is 82.8 Å². The molecule has 2 N–H and O–H groups in total. The van der Waals surface area contributed by atoms with E-state index in [2.05, 4.69) is 5.32 Å². The first-order valence-electron chi connectivity index (χ1n) is 5.73. The maximum Gasteiger partial charge on any atom is 0.372 e. The number of hydrogen-bond donors (Lipinski definition) is 2. The molecule has 1 heterocycles. The van der Waals surface area contributed by atoms with Crippen LogP contribution in [0.5, 0.6) is 0 Å². The molecule has 100 valence electrons. The molecule has 0 aliphatic carbocycles. The minimum absolute atomic E-state index is 0.0146. The van der Waals surface area contributed by atoms with Crippen LogP contribution in [0.4, 0.5) is 0 Å². The molecular weight excluding hydrogens is 236 g/mol. The summed E-state index contributed by atoms with van der Waals surface area (Å²) in [5.74, 6) is -0.638. The molecule has 1 aromatic rings. The lowest BCUT2D eigenvalue weighted by Crippen LogP contribution is -2.35. The Labute approximate surface area is 106 Å². The van der Waals surface area contributed by atoms with Gasteiger partial charge in [0.1, 0.15) is 5.76 Å². The Morgan fingerprint density at radius 1 is 1.50 bits per heavy atom. The van der Waals surface area contributed by atoms with Gasteiger partial charge in [-0.25, -0.2) is 4.79 Å². The lowest BCUT2D eigenvalue weighted by atomic mass is 10.2. The van der Waals surface area contributed by atoms with Gasteiger partial charge in [0, 0.05) is 19.2 Å². The van der Waals surface area contributed by atoms with E-state index >= 15 is 0 Å². The number of aryl methyl sites for hydroxylation is 1. The zero-order chi connectivity index (χ0) is 13.7. The molecule has 1 aromatic heterocycles. The number of carboxylic acid groups (broad SMARTS) is 1. The summed E-state index contributed by atoms with van der Waals surface area (Å²) in [5.41, 5.74) is 0.580. The molecule has 6 heteroatoms. The summed E-state index contributed by atoms with van der Waals surface area (Å²) in [6.07, 6.45) is 0. The normalized spacial score (nSPS) is 10.4. The van der Waals surface area contributed by atoms with Crippen LogP contribution in [0.25, 0.3) is 0 Å². The molecule has 0 atom stereocenters. The summed E-state index contributed by atoms with van der Waals surface area (Å²) in [6, 6.07) is 1.66. The van der Waals surface area contributed by atoms with Crippen molar-refractivity contribution in [2.45, 2.75) is 20.4 Å². The lowest BCUT2D eigenvalue weighted by molar-refractivity contribution is -0.128. The van der Waals surface area contributed by atoms with Crippen LogP contribution >= 0.6 is 0 Å². The quantitative estimate of drug-likeness (QED) is 0.786. The molecule has 1 rings (SSSR count). The third-order valence-electron chi connectivity index (χ3n) is 2.64. The first kappa shape index (κ1) is 14.2. The van der Waals surface area contributed by atoms with Gasteiger partial charge in [-0.2, -0.15) is 0 Å². The van der Waals surface area contributed by atoms with Crippen LogP contribution in [-0.4, -0.2) is 42.0 Å². The molecule has 0 saturated heterocycles. The average Bonchev–Trinajstić information content (AvgIpc) is 2.69. The molecule has 0 fully saturated rings. The van der Waals surface area contributed by atoms with Crippen LogP contribution in [0.2, 0.25) is 0 Å². The molecule has 0 aliphatic heterocycles. The van der Waals surface area contributed by atoms with Crippen molar-refractivity contribution in [1.82, 2.24) is 10.2 Å². The molecule has 18 heavy (non-hydrogen) atoms. The highest BCUT2D eigenvalue weighted by molar-refractivity contribution is 5.86. The first-order valence-corrected chi connectivity index (χ1v) is 5.73. The number of carbonyl (C=O) groups is 2. The van der Waals surface area contributed by atoms with Gasteiger partial charge in [0.2, 0.25) is 11.7 Å². The van der Waals surface area contributed by atoms with E-state index in [1.165, 1.54) is 0 Å². The summed E-state index contributed by atoms with van der Waals surface area (Å²) in [5, 5.41) is 11.7. The molecule has 0 saturated carbocycles. The molecule has 0 aliphatic rings. The van der Waals surface area contributed by atoms with Crippen molar-refractivity contribution in [3.63, 3.8) is 0 Å². The van der Waals surface area contributed by atoms with Crippen molar-refractivity contribution in [3.05, 3.63) is 23.2 Å². The molecular formula is C12H18N2O4. The van der Waals surface area contributed by atoms with Crippen molar-refractivity contribution >= 4 is 11.9 Å². The van der Waals surface area contributed by atoms with Crippen molar-refractivity contribution < 1.29 is 19.1 Å². The highest BCUT2D eigenvalue weighted by Gasteiger charge is 2.14. The van der Waals surface area contributed by atoms with Gasteiger partial charge in [-0.3, -0.25) is 4.79 Å². The molecule has 1 amide bonds. The number of carboxylic acids is 1. The molecule has 0 radical (unpaired) electrons. The Morgan fingerprint density at radius 3 is 2.67 bits per heavy atom. The van der Waals surface area contributed by atoms with Crippen LogP contribution in [0.1, 0.15) is 28.8 Å². The van der Waals surface area contributed by atoms with Crippen molar-refractivity contribution in [3.8, 4) is 0 Å².